The molecule has 0 unspecified atom stereocenters. The summed E-state index contributed by atoms with van der Waals surface area (Å²) < 4.78 is 25.3. The Morgan fingerprint density at radius 3 is 2.26 bits per heavy atom. The number of hydrogen-bond acceptors (Lipinski definition) is 15. The smallest absolute Gasteiger partial charge is 0.410 e. The summed E-state index contributed by atoms with van der Waals surface area (Å²) in [5, 5.41) is 52.0. The summed E-state index contributed by atoms with van der Waals surface area (Å²) in [6.45, 7) is 22.8. The summed E-state index contributed by atoms with van der Waals surface area (Å²) in [6.07, 6.45) is 13.2. The van der Waals surface area contributed by atoms with Crippen LogP contribution in [0.5, 0.6) is 17.2 Å². The quantitative estimate of drug-likeness (QED) is 0.180. The molecule has 4 fully saturated rings. The number of phenols is 2. The van der Waals surface area contributed by atoms with Gasteiger partial charge in [0.15, 0.2) is 5.75 Å². The molecule has 8 aliphatic rings. The van der Waals surface area contributed by atoms with Crippen LogP contribution in [0.25, 0.3) is 10.8 Å². The molecule has 3 saturated heterocycles. The van der Waals surface area contributed by atoms with Crippen molar-refractivity contribution in [2.75, 3.05) is 64.8 Å². The van der Waals surface area contributed by atoms with Gasteiger partial charge in [-0.1, -0.05) is 79.0 Å². The number of aromatic hydroxyl groups is 2. The van der Waals surface area contributed by atoms with Gasteiger partial charge in [0.2, 0.25) is 0 Å². The van der Waals surface area contributed by atoms with Crippen LogP contribution in [0.3, 0.4) is 0 Å². The van der Waals surface area contributed by atoms with Crippen molar-refractivity contribution in [3.05, 3.63) is 58.0 Å². The number of nitrogens with one attached hydrogen (secondary N) is 1. The highest BCUT2D eigenvalue weighted by atomic mass is 16.7. The fourth-order valence-corrected chi connectivity index (χ4v) is 13.6. The number of allylic oxidation sites excluding steroid dienone is 2. The number of likely N-dealkylation sites (tertiary alicyclic amines) is 3. The Labute approximate surface area is 448 Å². The maximum Gasteiger partial charge on any atom is 0.410 e. The van der Waals surface area contributed by atoms with Crippen LogP contribution in [-0.4, -0.2) is 148 Å². The summed E-state index contributed by atoms with van der Waals surface area (Å²) in [5.41, 5.74) is -0.0689. The van der Waals surface area contributed by atoms with E-state index in [-0.39, 0.29) is 55.1 Å². The molecule has 0 radical (unpaired) electrons. The average Bonchev–Trinajstić information content (AvgIpc) is 4.00. The Hall–Kier alpha value is -5.07. The number of fused-ring (bicyclic) bond motifs is 13. The van der Waals surface area contributed by atoms with E-state index in [0.717, 1.165) is 58.0 Å². The zero-order valence-electron chi connectivity index (χ0n) is 46.6. The largest absolute Gasteiger partial charge is 0.507 e. The fraction of sp³-hybridized carbons (Fsp3) is 0.678. The highest BCUT2D eigenvalue weighted by Gasteiger charge is 2.52. The number of piperidine rings is 2. The van der Waals surface area contributed by atoms with Crippen molar-refractivity contribution in [2.45, 2.75) is 156 Å². The van der Waals surface area contributed by atoms with Crippen molar-refractivity contribution in [2.24, 2.45) is 50.9 Å². The van der Waals surface area contributed by atoms with Gasteiger partial charge in [-0.05, 0) is 57.4 Å². The zero-order valence-corrected chi connectivity index (χ0v) is 46.6. The molecule has 416 valence electrons. The molecule has 7 heterocycles. The molecule has 2 amide bonds. The lowest BCUT2D eigenvalue weighted by atomic mass is 9.72. The predicted molar refractivity (Wildman–Crippen MR) is 289 cm³/mol. The van der Waals surface area contributed by atoms with E-state index in [1.54, 1.807) is 45.1 Å². The molecule has 0 aromatic heterocycles. The second kappa shape index (κ2) is 22.0. The second-order valence-electron chi connectivity index (χ2n) is 24.5. The number of nitrogens with zero attached hydrogens (tertiary/aromatic N) is 5. The van der Waals surface area contributed by atoms with Crippen molar-refractivity contribution >= 4 is 34.2 Å². The van der Waals surface area contributed by atoms with E-state index in [1.165, 1.54) is 52.4 Å². The standard InChI is InChI=1S/C59H84N6O11/c1-33(2)28-63-25-22-59(23-26-63)61-45-42-43-50(68)39(8)53-44(42)54(70)57(9,76-53)74-27-20-41(73-10)36(5)52(75-56(72)65-24-15-21-58(32-65)30-64(31-58)29-40-18-12-11-13-19-40)38(7)49(67)37(6)48(66)34(3)16-14-17-35(4)55(71)60-47(51(43)69)46(45)62-59/h14,16-17,20,27,33-34,36-38,40-41,48-49,52,61,66-69H,11-13,15,18-19,21-26,28-32H2,1-10H3/b16-14+,27-20+,35-17-,60-47?/t34-,36+,37+,38+,41-,48-,49+,52+,57-/m0/s1. The van der Waals surface area contributed by atoms with E-state index in [2.05, 4.69) is 34.0 Å². The van der Waals surface area contributed by atoms with Gasteiger partial charge in [0, 0.05) is 125 Å². The number of anilines is 1. The highest BCUT2D eigenvalue weighted by Crippen LogP contribution is 2.51. The summed E-state index contributed by atoms with van der Waals surface area (Å²) in [7, 11) is 1.52. The van der Waals surface area contributed by atoms with Gasteiger partial charge < -0.3 is 59.4 Å². The van der Waals surface area contributed by atoms with Crippen LogP contribution in [0.4, 0.5) is 10.5 Å². The molecule has 17 nitrogen and oxygen atoms in total. The minimum Gasteiger partial charge on any atom is -0.507 e. The lowest BCUT2D eigenvalue weighted by molar-refractivity contribution is -0.114. The van der Waals surface area contributed by atoms with Crippen LogP contribution < -0.4 is 20.8 Å². The Morgan fingerprint density at radius 2 is 1.58 bits per heavy atom. The first-order chi connectivity index (χ1) is 36.1. The lowest BCUT2D eigenvalue weighted by Gasteiger charge is -2.55. The molecule has 76 heavy (non-hydrogen) atoms. The monoisotopic (exact) mass is 1050 g/mol. The second-order valence-corrected chi connectivity index (χ2v) is 24.5. The summed E-state index contributed by atoms with van der Waals surface area (Å²) in [5.74, 6) is -5.34. The van der Waals surface area contributed by atoms with Crippen molar-refractivity contribution in [3.63, 3.8) is 0 Å². The van der Waals surface area contributed by atoms with E-state index in [1.807, 2.05) is 25.7 Å². The molecule has 2 aromatic rings. The molecular formula is C59H84N6O11. The molecule has 17 heteroatoms. The van der Waals surface area contributed by atoms with Crippen LogP contribution in [-0.2, 0) is 19.0 Å². The predicted octanol–water partition coefficient (Wildman–Crippen LogP) is 7.30. The maximum absolute atomic E-state index is 15.0. The van der Waals surface area contributed by atoms with Crippen LogP contribution in [0, 0.1) is 47.8 Å². The Kier molecular flexibility index (Phi) is 16.1. The third kappa shape index (κ3) is 10.6. The average molecular weight is 1050 g/mol. The van der Waals surface area contributed by atoms with Gasteiger partial charge in [-0.25, -0.2) is 9.79 Å². The lowest BCUT2D eigenvalue weighted by Crippen LogP contribution is -2.64. The molecule has 10 rings (SSSR count). The maximum atomic E-state index is 15.0. The molecule has 7 aliphatic heterocycles. The minimum absolute atomic E-state index is 0.0176. The Balaban J connectivity index is 1.06. The molecule has 1 saturated carbocycles. The molecule has 2 spiro atoms. The number of amides is 2. The fourth-order valence-electron chi connectivity index (χ4n) is 13.6. The van der Waals surface area contributed by atoms with Gasteiger partial charge in [0.25, 0.3) is 11.7 Å². The van der Waals surface area contributed by atoms with Crippen LogP contribution >= 0.6 is 0 Å². The van der Waals surface area contributed by atoms with Crippen molar-refractivity contribution in [3.8, 4) is 17.2 Å². The van der Waals surface area contributed by atoms with E-state index in [9.17, 15) is 30.0 Å². The summed E-state index contributed by atoms with van der Waals surface area (Å²) >= 11 is 0. The topological polar surface area (TPSA) is 216 Å². The van der Waals surface area contributed by atoms with Crippen LogP contribution in [0.1, 0.15) is 129 Å². The number of aliphatic hydroxyl groups is 2. The van der Waals surface area contributed by atoms with Gasteiger partial charge >= 0.3 is 11.9 Å². The van der Waals surface area contributed by atoms with Gasteiger partial charge in [-0.2, -0.15) is 0 Å². The molecular weight excluding hydrogens is 969 g/mol. The van der Waals surface area contributed by atoms with Gasteiger partial charge in [-0.15, -0.1) is 0 Å². The number of carbonyl (C=O) groups is 3. The zero-order chi connectivity index (χ0) is 54.6. The van der Waals surface area contributed by atoms with Crippen molar-refractivity contribution in [1.29, 1.82) is 0 Å². The Morgan fingerprint density at radius 1 is 0.868 bits per heavy atom. The van der Waals surface area contributed by atoms with E-state index in [4.69, 9.17) is 23.9 Å². The number of methoxy groups -OCH3 is 1. The number of benzene rings is 2. The number of phenolic OH excluding ortho intramolecular Hbond substituents is 2. The third-order valence-electron chi connectivity index (χ3n) is 18.1. The number of hydrogen-bond donors (Lipinski definition) is 5. The van der Waals surface area contributed by atoms with Gasteiger partial charge in [0.1, 0.15) is 34.0 Å². The van der Waals surface area contributed by atoms with Gasteiger partial charge in [0.05, 0.1) is 41.2 Å². The SMILES string of the molecule is CO[C@H]1/C=C/O[C@@]2(C)Oc3c(C)c(O)c4c(O)c(c5c(c4c3C2=O)NC2(CCN(CC(C)C)CC2)N=5)=NC(=O)/C(C)=C\C=C\[C@H](C)[C@H](O)[C@@H](C)[C@@H](O)[C@@H](C)[C@H](OC(=O)N2CCCC3(CN(CC4CCCCC4)C3)C2)[C@@H]1C. The van der Waals surface area contributed by atoms with Crippen molar-refractivity contribution < 1.29 is 53.8 Å². The molecule has 2 aromatic carbocycles. The van der Waals surface area contributed by atoms with Crippen LogP contribution in [0.15, 0.2) is 46.1 Å². The number of aliphatic hydroxyl groups excluding tert-OH is 2. The number of Topliss-reactive ketones (excluding diaryl/α,β-unsaturated/α-hetero) is 1. The summed E-state index contributed by atoms with van der Waals surface area (Å²) in [4.78, 5) is 60.0. The van der Waals surface area contributed by atoms with Gasteiger partial charge in [-0.3, -0.25) is 14.6 Å². The molecule has 5 N–H and O–H groups in total. The molecule has 5 bridgehead atoms. The molecule has 9 atom stereocenters. The number of ketones is 1. The Bertz CT molecular complexity index is 2770. The first-order valence-corrected chi connectivity index (χ1v) is 28.2. The summed E-state index contributed by atoms with van der Waals surface area (Å²) in [6, 6.07) is 0. The minimum atomic E-state index is -1.97. The van der Waals surface area contributed by atoms with Crippen LogP contribution in [0.2, 0.25) is 0 Å². The van der Waals surface area contributed by atoms with Crippen molar-refractivity contribution in [1.82, 2.24) is 14.7 Å². The number of ether oxygens (including phenoxy) is 4. The highest BCUT2D eigenvalue weighted by molar-refractivity contribution is 6.21. The van der Waals surface area contributed by atoms with E-state index >= 15 is 4.79 Å². The first kappa shape index (κ1) is 55.7. The number of carbonyl (C=O) groups excluding carboxylic acids is 3. The van der Waals surface area contributed by atoms with E-state index < -0.39 is 83.1 Å². The normalized spacial score (nSPS) is 33.0. The third-order valence-corrected chi connectivity index (χ3v) is 18.1. The number of rotatable bonds is 6. The first-order valence-electron chi connectivity index (χ1n) is 28.2. The molecule has 1 aliphatic carbocycles. The van der Waals surface area contributed by atoms with E-state index in [0.29, 0.717) is 37.5 Å².